The van der Waals surface area contributed by atoms with Crippen LogP contribution in [0, 0.1) is 11.8 Å². The number of rotatable bonds is 24. The summed E-state index contributed by atoms with van der Waals surface area (Å²) in [6.07, 6.45) is 13.3. The SMILES string of the molecule is C=CC(=O)NCCSCCCC.C=CCC.CCCCSCCN.CCCCSCCNC(=O)C(CC)CC(C)C(C)=O. The predicted octanol–water partition coefficient (Wildman–Crippen LogP) is 8.16. The van der Waals surface area contributed by atoms with Gasteiger partial charge in [-0.3, -0.25) is 14.4 Å². The third-order valence-electron chi connectivity index (χ3n) is 5.95. The third-order valence-corrected chi connectivity index (χ3v) is 9.19. The van der Waals surface area contributed by atoms with Crippen LogP contribution in [0.5, 0.6) is 0 Å². The number of hydrogen-bond acceptors (Lipinski definition) is 7. The van der Waals surface area contributed by atoms with Crippen molar-refractivity contribution in [1.82, 2.24) is 10.6 Å². The Morgan fingerprint density at radius 3 is 1.56 bits per heavy atom. The normalized spacial score (nSPS) is 11.2. The molecule has 0 aromatic heterocycles. The fourth-order valence-electron chi connectivity index (χ4n) is 2.89. The van der Waals surface area contributed by atoms with E-state index in [-0.39, 0.29) is 29.4 Å². The number of allylic oxidation sites excluding steroid dienone is 1. The van der Waals surface area contributed by atoms with E-state index in [1.807, 2.05) is 55.2 Å². The zero-order valence-electron chi connectivity index (χ0n) is 29.0. The second-order valence-corrected chi connectivity index (χ2v) is 13.7. The monoisotopic (exact) mass is 663 g/mol. The molecule has 0 aliphatic carbocycles. The van der Waals surface area contributed by atoms with Gasteiger partial charge in [0.2, 0.25) is 11.8 Å². The Morgan fingerprint density at radius 2 is 1.21 bits per heavy atom. The molecule has 0 fully saturated rings. The lowest BCUT2D eigenvalue weighted by Gasteiger charge is -2.17. The van der Waals surface area contributed by atoms with Crippen molar-refractivity contribution in [2.24, 2.45) is 17.6 Å². The van der Waals surface area contributed by atoms with Gasteiger partial charge in [-0.25, -0.2) is 0 Å². The Bertz CT molecular complexity index is 631. The van der Waals surface area contributed by atoms with Crippen LogP contribution in [0.3, 0.4) is 0 Å². The first-order chi connectivity index (χ1) is 20.7. The van der Waals surface area contributed by atoms with Crippen LogP contribution in [-0.2, 0) is 14.4 Å². The highest BCUT2D eigenvalue weighted by atomic mass is 32.2. The van der Waals surface area contributed by atoms with Gasteiger partial charge in [0.15, 0.2) is 0 Å². The van der Waals surface area contributed by atoms with Crippen molar-refractivity contribution < 1.29 is 14.4 Å². The van der Waals surface area contributed by atoms with E-state index in [9.17, 15) is 14.4 Å². The molecule has 2 amide bonds. The minimum absolute atomic E-state index is 0.0189. The molecule has 256 valence electrons. The smallest absolute Gasteiger partial charge is 0.243 e. The van der Waals surface area contributed by atoms with Gasteiger partial charge in [0, 0.05) is 48.7 Å². The number of nitrogens with two attached hydrogens (primary N) is 1. The highest BCUT2D eigenvalue weighted by molar-refractivity contribution is 7.99. The minimum Gasteiger partial charge on any atom is -0.355 e. The second kappa shape index (κ2) is 43.2. The Kier molecular flexibility index (Phi) is 49.3. The number of nitrogens with one attached hydrogen (secondary N) is 2. The fourth-order valence-corrected chi connectivity index (χ4v) is 5.64. The minimum atomic E-state index is -0.0777. The van der Waals surface area contributed by atoms with Crippen molar-refractivity contribution in [3.05, 3.63) is 25.3 Å². The van der Waals surface area contributed by atoms with Crippen LogP contribution in [0.15, 0.2) is 25.3 Å². The van der Waals surface area contributed by atoms with Gasteiger partial charge < -0.3 is 16.4 Å². The van der Waals surface area contributed by atoms with E-state index < -0.39 is 0 Å². The Labute approximate surface area is 280 Å². The molecule has 0 aromatic rings. The first-order valence-electron chi connectivity index (χ1n) is 16.4. The number of Topliss-reactive ketones (excluding diaryl/α,β-unsaturated/α-hetero) is 1. The molecule has 0 aliphatic rings. The number of carbonyl (C=O) groups is 3. The number of ketones is 1. The van der Waals surface area contributed by atoms with E-state index in [1.54, 1.807) is 6.92 Å². The molecule has 6 nitrogen and oxygen atoms in total. The van der Waals surface area contributed by atoms with E-state index in [4.69, 9.17) is 5.73 Å². The predicted molar refractivity (Wildman–Crippen MR) is 201 cm³/mol. The van der Waals surface area contributed by atoms with E-state index in [1.165, 1.54) is 61.9 Å². The van der Waals surface area contributed by atoms with Crippen molar-refractivity contribution in [3.63, 3.8) is 0 Å². The first-order valence-corrected chi connectivity index (χ1v) is 19.9. The Balaban J connectivity index is -0.000000269. The summed E-state index contributed by atoms with van der Waals surface area (Å²) in [5, 5.41) is 5.72. The molecule has 9 heteroatoms. The molecule has 0 bridgehead atoms. The van der Waals surface area contributed by atoms with Crippen LogP contribution in [0.25, 0.3) is 0 Å². The molecular weight excluding hydrogens is 595 g/mol. The maximum atomic E-state index is 12.0. The lowest BCUT2D eigenvalue weighted by Crippen LogP contribution is -2.33. The average Bonchev–Trinajstić information content (AvgIpc) is 3.01. The maximum Gasteiger partial charge on any atom is 0.243 e. The van der Waals surface area contributed by atoms with Crippen molar-refractivity contribution in [2.45, 2.75) is 106 Å². The zero-order valence-corrected chi connectivity index (χ0v) is 31.4. The van der Waals surface area contributed by atoms with Gasteiger partial charge in [0.25, 0.3) is 0 Å². The summed E-state index contributed by atoms with van der Waals surface area (Å²) in [6, 6.07) is 0. The molecule has 43 heavy (non-hydrogen) atoms. The van der Waals surface area contributed by atoms with Crippen LogP contribution in [0.1, 0.15) is 106 Å². The van der Waals surface area contributed by atoms with E-state index in [0.29, 0.717) is 6.42 Å². The van der Waals surface area contributed by atoms with Crippen LogP contribution in [0.4, 0.5) is 0 Å². The lowest BCUT2D eigenvalue weighted by atomic mass is 9.91. The van der Waals surface area contributed by atoms with Crippen molar-refractivity contribution >= 4 is 52.9 Å². The molecule has 0 spiro atoms. The molecule has 0 radical (unpaired) electrons. The topological polar surface area (TPSA) is 101 Å². The van der Waals surface area contributed by atoms with Crippen molar-refractivity contribution in [2.75, 3.05) is 54.2 Å². The molecule has 0 saturated carbocycles. The standard InChI is InChI=1S/C15H29NO2S.C9H17NOS.C6H15NS.C4H8/c1-5-7-9-19-10-8-16-15(18)14(6-2)11-12(3)13(4)17;1-3-5-7-12-8-6-10-9(11)4-2;1-2-3-5-8-6-4-7;1-3-4-2/h12,14H,5-11H2,1-4H3,(H,16,18);4H,2-3,5-8H2,1H3,(H,10,11);2-7H2,1H3;3H,1,4H2,2H3. The molecule has 4 N–H and O–H groups in total. The molecular formula is C34H69N3O3S3. The molecule has 0 aromatic carbocycles. The van der Waals surface area contributed by atoms with Gasteiger partial charge in [-0.1, -0.05) is 73.5 Å². The lowest BCUT2D eigenvalue weighted by molar-refractivity contribution is -0.126. The van der Waals surface area contributed by atoms with Gasteiger partial charge in [-0.15, -0.1) is 6.58 Å². The second-order valence-electron chi connectivity index (χ2n) is 10.0. The van der Waals surface area contributed by atoms with Crippen LogP contribution in [-0.4, -0.2) is 71.7 Å². The summed E-state index contributed by atoms with van der Waals surface area (Å²) in [7, 11) is 0. The van der Waals surface area contributed by atoms with Crippen LogP contribution < -0.4 is 16.4 Å². The average molecular weight is 664 g/mol. The molecule has 0 rings (SSSR count). The Hall–Kier alpha value is -0.900. The van der Waals surface area contributed by atoms with Gasteiger partial charge in [0.1, 0.15) is 5.78 Å². The number of thioether (sulfide) groups is 3. The van der Waals surface area contributed by atoms with E-state index in [2.05, 4.69) is 51.5 Å². The van der Waals surface area contributed by atoms with Gasteiger partial charge >= 0.3 is 0 Å². The number of carbonyl (C=O) groups excluding carboxylic acids is 3. The zero-order chi connectivity index (χ0) is 33.6. The van der Waals surface area contributed by atoms with Gasteiger partial charge in [-0.2, -0.15) is 35.3 Å². The third kappa shape index (κ3) is 45.7. The summed E-state index contributed by atoms with van der Waals surface area (Å²) in [6.45, 7) is 23.3. The number of hydrogen-bond donors (Lipinski definition) is 3. The van der Waals surface area contributed by atoms with Gasteiger partial charge in [0.05, 0.1) is 0 Å². The van der Waals surface area contributed by atoms with E-state index in [0.717, 1.165) is 49.7 Å². The fraction of sp³-hybridized carbons (Fsp3) is 0.794. The summed E-state index contributed by atoms with van der Waals surface area (Å²) in [5.74, 6) is 6.90. The number of amides is 2. The molecule has 0 saturated heterocycles. The highest BCUT2D eigenvalue weighted by Crippen LogP contribution is 2.16. The molecule has 0 aliphatic heterocycles. The highest BCUT2D eigenvalue weighted by Gasteiger charge is 2.20. The number of unbranched alkanes of at least 4 members (excludes halogenated alkanes) is 3. The van der Waals surface area contributed by atoms with Crippen molar-refractivity contribution in [1.29, 1.82) is 0 Å². The summed E-state index contributed by atoms with van der Waals surface area (Å²) in [4.78, 5) is 33.9. The maximum absolute atomic E-state index is 12.0. The molecule has 0 heterocycles. The largest absolute Gasteiger partial charge is 0.355 e. The Morgan fingerprint density at radius 1 is 0.767 bits per heavy atom. The van der Waals surface area contributed by atoms with Gasteiger partial charge in [-0.05, 0) is 68.8 Å². The van der Waals surface area contributed by atoms with Crippen molar-refractivity contribution in [3.8, 4) is 0 Å². The quantitative estimate of drug-likeness (QED) is 0.0544. The first kappa shape index (κ1) is 49.0. The van der Waals surface area contributed by atoms with Crippen LogP contribution >= 0.6 is 35.3 Å². The molecule has 2 unspecified atom stereocenters. The van der Waals surface area contributed by atoms with E-state index >= 15 is 0 Å². The summed E-state index contributed by atoms with van der Waals surface area (Å²) in [5.41, 5.74) is 5.29. The summed E-state index contributed by atoms with van der Waals surface area (Å²) < 4.78 is 0. The summed E-state index contributed by atoms with van der Waals surface area (Å²) >= 11 is 5.72. The molecule has 2 atom stereocenters. The van der Waals surface area contributed by atoms with Crippen LogP contribution in [0.2, 0.25) is 0 Å².